The molecular weight excluding hydrogens is 412 g/mol. The smallest absolute Gasteiger partial charge is 0.266 e. The van der Waals surface area contributed by atoms with E-state index in [-0.39, 0.29) is 5.91 Å². The molecule has 1 amide bonds. The summed E-state index contributed by atoms with van der Waals surface area (Å²) < 4.78 is 6.70. The second-order valence-corrected chi connectivity index (χ2v) is 11.0. The Hall–Kier alpha value is -2.05. The molecule has 0 unspecified atom stereocenters. The van der Waals surface area contributed by atoms with Gasteiger partial charge in [-0.15, -0.1) is 0 Å². The monoisotopic (exact) mass is 436 g/mol. The van der Waals surface area contributed by atoms with Crippen LogP contribution in [0.4, 0.5) is 5.69 Å². The molecule has 0 atom stereocenters. The van der Waals surface area contributed by atoms with Crippen molar-refractivity contribution in [3.05, 3.63) is 47.1 Å². The highest BCUT2D eigenvalue weighted by molar-refractivity contribution is 8.26. The van der Waals surface area contributed by atoms with E-state index in [2.05, 4.69) is 0 Å². The Bertz CT molecular complexity index is 1030. The van der Waals surface area contributed by atoms with Crippen molar-refractivity contribution in [2.45, 2.75) is 38.1 Å². The number of furan rings is 1. The van der Waals surface area contributed by atoms with Gasteiger partial charge in [-0.2, -0.15) is 0 Å². The lowest BCUT2D eigenvalue weighted by Crippen LogP contribution is -2.57. The summed E-state index contributed by atoms with van der Waals surface area (Å²) in [6.07, 6.45) is 8.35. The van der Waals surface area contributed by atoms with E-state index in [0.29, 0.717) is 32.9 Å². The van der Waals surface area contributed by atoms with E-state index in [9.17, 15) is 4.79 Å². The lowest BCUT2D eigenvalue weighted by molar-refractivity contribution is -0.130. The Morgan fingerprint density at radius 1 is 1.00 bits per heavy atom. The van der Waals surface area contributed by atoms with Crippen LogP contribution in [0.15, 0.2) is 45.7 Å². The van der Waals surface area contributed by atoms with Gasteiger partial charge < -0.3 is 10.2 Å². The number of anilines is 1. The molecule has 2 aromatic rings. The number of carbonyl (C=O) groups is 1. The number of benzene rings is 1. The molecule has 0 radical (unpaired) electrons. The molecule has 1 aromatic carbocycles. The molecular formula is C24H24N2O2S2. The zero-order chi connectivity index (χ0) is 20.4. The third kappa shape index (κ3) is 3.04. The number of nitrogen functional groups attached to an aromatic ring is 1. The van der Waals surface area contributed by atoms with Crippen LogP contribution in [0.2, 0.25) is 0 Å². The van der Waals surface area contributed by atoms with Crippen LogP contribution in [0.1, 0.15) is 37.9 Å². The first-order chi connectivity index (χ1) is 14.5. The minimum atomic E-state index is 0.0629. The average molecular weight is 437 g/mol. The summed E-state index contributed by atoms with van der Waals surface area (Å²) in [7, 11) is 0. The Balaban J connectivity index is 1.25. The summed E-state index contributed by atoms with van der Waals surface area (Å²) in [6, 6.07) is 11.7. The van der Waals surface area contributed by atoms with E-state index in [0.717, 1.165) is 28.8 Å². The summed E-state index contributed by atoms with van der Waals surface area (Å²) in [5, 5.41) is 0. The molecule has 2 N–H and O–H groups in total. The second-order valence-electron chi connectivity index (χ2n) is 9.30. The van der Waals surface area contributed by atoms with E-state index in [1.165, 1.54) is 43.9 Å². The molecule has 2 heterocycles. The summed E-state index contributed by atoms with van der Waals surface area (Å²) in [5.41, 5.74) is 7.45. The number of thioether (sulfide) groups is 1. The van der Waals surface area contributed by atoms with Gasteiger partial charge in [0.15, 0.2) is 0 Å². The highest BCUT2D eigenvalue weighted by Gasteiger charge is 2.53. The number of thiocarbonyl (C=S) groups is 1. The predicted octanol–water partition coefficient (Wildman–Crippen LogP) is 5.55. The van der Waals surface area contributed by atoms with Gasteiger partial charge in [0.25, 0.3) is 5.91 Å². The van der Waals surface area contributed by atoms with Gasteiger partial charge in [0.05, 0.1) is 4.91 Å². The molecule has 4 nitrogen and oxygen atoms in total. The molecule has 30 heavy (non-hydrogen) atoms. The van der Waals surface area contributed by atoms with E-state index >= 15 is 0 Å². The van der Waals surface area contributed by atoms with Gasteiger partial charge in [0.1, 0.15) is 15.8 Å². The van der Waals surface area contributed by atoms with Crippen molar-refractivity contribution in [2.24, 2.45) is 23.7 Å². The molecule has 0 spiro atoms. The van der Waals surface area contributed by atoms with Crippen molar-refractivity contribution < 1.29 is 9.21 Å². The van der Waals surface area contributed by atoms with Crippen LogP contribution in [-0.4, -0.2) is 21.2 Å². The van der Waals surface area contributed by atoms with Gasteiger partial charge in [-0.05, 0) is 92.2 Å². The summed E-state index contributed by atoms with van der Waals surface area (Å²) >= 11 is 7.11. The van der Waals surface area contributed by atoms with Crippen molar-refractivity contribution in [3.63, 3.8) is 0 Å². The van der Waals surface area contributed by atoms with Crippen molar-refractivity contribution in [1.29, 1.82) is 0 Å². The van der Waals surface area contributed by atoms with Crippen molar-refractivity contribution in [1.82, 2.24) is 4.90 Å². The fourth-order valence-electron chi connectivity index (χ4n) is 6.42. The van der Waals surface area contributed by atoms with Gasteiger partial charge in [0, 0.05) is 23.4 Å². The van der Waals surface area contributed by atoms with Gasteiger partial charge >= 0.3 is 0 Å². The maximum absolute atomic E-state index is 13.4. The maximum Gasteiger partial charge on any atom is 0.266 e. The molecule has 4 saturated carbocycles. The van der Waals surface area contributed by atoms with Crippen LogP contribution in [0, 0.1) is 23.7 Å². The Morgan fingerprint density at radius 2 is 1.67 bits per heavy atom. The van der Waals surface area contributed by atoms with Gasteiger partial charge in [-0.25, -0.2) is 0 Å². The third-order valence-corrected chi connectivity index (χ3v) is 8.72. The van der Waals surface area contributed by atoms with Gasteiger partial charge in [-0.3, -0.25) is 9.69 Å². The number of rotatable bonds is 3. The molecule has 4 aliphatic carbocycles. The summed E-state index contributed by atoms with van der Waals surface area (Å²) in [4.78, 5) is 16.0. The lowest BCUT2D eigenvalue weighted by Gasteiger charge is -2.56. The Kier molecular flexibility index (Phi) is 4.36. The molecule has 4 bridgehead atoms. The van der Waals surface area contributed by atoms with E-state index < -0.39 is 0 Å². The number of hydrogen-bond donors (Lipinski definition) is 1. The number of nitrogens with two attached hydrogens (primary N) is 1. The Labute approximate surface area is 185 Å². The second kappa shape index (κ2) is 6.99. The molecule has 7 rings (SSSR count). The van der Waals surface area contributed by atoms with Crippen LogP contribution in [0.25, 0.3) is 17.4 Å². The van der Waals surface area contributed by atoms with Crippen LogP contribution < -0.4 is 5.73 Å². The highest BCUT2D eigenvalue weighted by Crippen LogP contribution is 2.56. The van der Waals surface area contributed by atoms with Crippen LogP contribution >= 0.6 is 24.0 Å². The van der Waals surface area contributed by atoms with Crippen LogP contribution in [-0.2, 0) is 4.79 Å². The summed E-state index contributed by atoms with van der Waals surface area (Å²) in [6.45, 7) is 0. The van der Waals surface area contributed by atoms with Crippen molar-refractivity contribution in [2.75, 3.05) is 5.73 Å². The average Bonchev–Trinajstić information content (AvgIpc) is 3.28. The molecule has 1 saturated heterocycles. The fourth-order valence-corrected chi connectivity index (χ4v) is 7.74. The SMILES string of the molecule is Nc1ccc(-c2ccc(/C=C3\SC(=S)N(C4C5CC6CC(C5)CC4C6)C3=O)o2)cc1. The molecule has 5 fully saturated rings. The molecule has 6 heteroatoms. The molecule has 5 aliphatic rings. The van der Waals surface area contributed by atoms with Crippen molar-refractivity contribution in [3.8, 4) is 11.3 Å². The van der Waals surface area contributed by atoms with Crippen molar-refractivity contribution >= 4 is 46.0 Å². The van der Waals surface area contributed by atoms with Gasteiger partial charge in [0.2, 0.25) is 0 Å². The first-order valence-corrected chi connectivity index (χ1v) is 12.0. The standard InChI is InChI=1S/C24H24N2O2S2/c25-18-3-1-15(2-4-18)20-6-5-19(28-20)12-21-23(27)26(24(29)30-21)22-16-8-13-7-14(10-16)11-17(22)9-13/h1-6,12-14,16-17,22H,7-11,25H2/b21-12-. The maximum atomic E-state index is 13.4. The Morgan fingerprint density at radius 3 is 2.33 bits per heavy atom. The molecule has 1 aliphatic heterocycles. The largest absolute Gasteiger partial charge is 0.457 e. The van der Waals surface area contributed by atoms with Crippen LogP contribution in [0.5, 0.6) is 0 Å². The van der Waals surface area contributed by atoms with Gasteiger partial charge in [-0.1, -0.05) is 24.0 Å². The number of amides is 1. The zero-order valence-electron chi connectivity index (χ0n) is 16.6. The first kappa shape index (κ1) is 18.7. The van der Waals surface area contributed by atoms with Crippen LogP contribution in [0.3, 0.4) is 0 Å². The summed E-state index contributed by atoms with van der Waals surface area (Å²) in [5.74, 6) is 4.52. The minimum Gasteiger partial charge on any atom is -0.457 e. The predicted molar refractivity (Wildman–Crippen MR) is 124 cm³/mol. The fraction of sp³-hybridized carbons (Fsp3) is 0.417. The number of carbonyl (C=O) groups excluding carboxylic acids is 1. The number of hydrogen-bond acceptors (Lipinski definition) is 5. The topological polar surface area (TPSA) is 59.5 Å². The zero-order valence-corrected chi connectivity index (χ0v) is 18.3. The molecule has 1 aromatic heterocycles. The quantitative estimate of drug-likeness (QED) is 0.388. The number of nitrogens with zero attached hydrogens (tertiary/aromatic N) is 1. The molecule has 154 valence electrons. The lowest BCUT2D eigenvalue weighted by atomic mass is 9.54. The van der Waals surface area contributed by atoms with E-state index in [1.54, 1.807) is 0 Å². The normalized spacial score (nSPS) is 33.8. The first-order valence-electron chi connectivity index (χ1n) is 10.8. The van der Waals surface area contributed by atoms with E-state index in [4.69, 9.17) is 22.4 Å². The minimum absolute atomic E-state index is 0.0629. The third-order valence-electron chi connectivity index (χ3n) is 7.39. The highest BCUT2D eigenvalue weighted by atomic mass is 32.2. The van der Waals surface area contributed by atoms with E-state index in [1.807, 2.05) is 47.4 Å².